The van der Waals surface area contributed by atoms with E-state index in [1.807, 2.05) is 0 Å². The monoisotopic (exact) mass is 269 g/mol. The van der Waals surface area contributed by atoms with E-state index in [4.69, 9.17) is 17.3 Å². The van der Waals surface area contributed by atoms with Crippen LogP contribution in [0.5, 0.6) is 0 Å². The average molecular weight is 270 g/mol. The number of halogens is 1. The van der Waals surface area contributed by atoms with Crippen LogP contribution < -0.4 is 5.73 Å². The van der Waals surface area contributed by atoms with Crippen molar-refractivity contribution in [3.8, 4) is 0 Å². The predicted molar refractivity (Wildman–Crippen MR) is 63.3 cm³/mol. The maximum atomic E-state index is 12.1. The van der Waals surface area contributed by atoms with Gasteiger partial charge in [0.1, 0.15) is 0 Å². The van der Waals surface area contributed by atoms with E-state index in [1.165, 1.54) is 36.7 Å². The Morgan fingerprint density at radius 2 is 1.65 bits per heavy atom. The third kappa shape index (κ3) is 2.22. The second-order valence-electron chi connectivity index (χ2n) is 3.22. The molecule has 0 aliphatic rings. The van der Waals surface area contributed by atoms with Crippen molar-refractivity contribution in [1.82, 2.24) is 9.97 Å². The van der Waals surface area contributed by atoms with E-state index in [-0.39, 0.29) is 15.1 Å². The van der Waals surface area contributed by atoms with Gasteiger partial charge in [-0.1, -0.05) is 11.6 Å². The number of nitrogens with two attached hydrogens (primary N) is 1. The first-order chi connectivity index (χ1) is 8.01. The number of benzene rings is 1. The van der Waals surface area contributed by atoms with Gasteiger partial charge in [0, 0.05) is 18.1 Å². The molecular weight excluding hydrogens is 262 g/mol. The molecule has 5 nitrogen and oxygen atoms in total. The molecule has 2 N–H and O–H groups in total. The summed E-state index contributed by atoms with van der Waals surface area (Å²) in [7, 11) is -3.75. The number of aromatic nitrogens is 2. The van der Waals surface area contributed by atoms with Crippen LogP contribution in [0.25, 0.3) is 0 Å². The summed E-state index contributed by atoms with van der Waals surface area (Å²) in [6.45, 7) is 0. The summed E-state index contributed by atoms with van der Waals surface area (Å²) in [6.07, 6.45) is 2.60. The smallest absolute Gasteiger partial charge is 0.226 e. The summed E-state index contributed by atoms with van der Waals surface area (Å²) >= 11 is 5.71. The van der Waals surface area contributed by atoms with Crippen LogP contribution in [-0.4, -0.2) is 18.4 Å². The van der Waals surface area contributed by atoms with E-state index in [0.717, 1.165) is 0 Å². The zero-order valence-corrected chi connectivity index (χ0v) is 10.1. The van der Waals surface area contributed by atoms with Gasteiger partial charge in [0.05, 0.1) is 4.90 Å². The van der Waals surface area contributed by atoms with Gasteiger partial charge < -0.3 is 5.73 Å². The molecular formula is C10H8ClN3O2S. The summed E-state index contributed by atoms with van der Waals surface area (Å²) in [4.78, 5) is 7.50. The Hall–Kier alpha value is -1.66. The van der Waals surface area contributed by atoms with Crippen molar-refractivity contribution >= 4 is 27.1 Å². The number of nitrogen functional groups attached to an aromatic ring is 1. The van der Waals surface area contributed by atoms with Gasteiger partial charge in [0.2, 0.25) is 9.84 Å². The highest BCUT2D eigenvalue weighted by molar-refractivity contribution is 7.91. The van der Waals surface area contributed by atoms with Crippen LogP contribution in [0, 0.1) is 0 Å². The summed E-state index contributed by atoms with van der Waals surface area (Å²) < 4.78 is 24.3. The lowest BCUT2D eigenvalue weighted by atomic mass is 10.3. The number of anilines is 1. The van der Waals surface area contributed by atoms with Gasteiger partial charge >= 0.3 is 0 Å². The van der Waals surface area contributed by atoms with Gasteiger partial charge in [-0.25, -0.2) is 18.4 Å². The molecule has 2 rings (SSSR count). The van der Waals surface area contributed by atoms with E-state index < -0.39 is 9.84 Å². The number of rotatable bonds is 2. The maximum absolute atomic E-state index is 12.1. The largest absolute Gasteiger partial charge is 0.399 e. The molecule has 2 aromatic rings. The Kier molecular flexibility index (Phi) is 2.99. The van der Waals surface area contributed by atoms with Crippen LogP contribution in [0.1, 0.15) is 0 Å². The first-order valence-electron chi connectivity index (χ1n) is 4.59. The summed E-state index contributed by atoms with van der Waals surface area (Å²) in [5, 5.41) is -0.407. The molecule has 1 aromatic carbocycles. The van der Waals surface area contributed by atoms with Crippen LogP contribution in [0.3, 0.4) is 0 Å². The number of hydrogen-bond acceptors (Lipinski definition) is 5. The lowest BCUT2D eigenvalue weighted by Crippen LogP contribution is -2.06. The predicted octanol–water partition coefficient (Wildman–Crippen LogP) is 1.55. The first-order valence-corrected chi connectivity index (χ1v) is 6.45. The number of hydrogen-bond donors (Lipinski definition) is 1. The average Bonchev–Trinajstić information content (AvgIpc) is 2.30. The highest BCUT2D eigenvalue weighted by Crippen LogP contribution is 2.24. The minimum absolute atomic E-state index is 0.0779. The van der Waals surface area contributed by atoms with Crippen LogP contribution in [0.15, 0.2) is 46.6 Å². The Labute approximate surface area is 103 Å². The molecule has 1 aromatic heterocycles. The van der Waals surface area contributed by atoms with E-state index in [0.29, 0.717) is 5.69 Å². The molecule has 0 atom stereocenters. The van der Waals surface area contributed by atoms with Crippen molar-refractivity contribution in [1.29, 1.82) is 0 Å². The SMILES string of the molecule is Nc1ccc(S(=O)(=O)c2nccnc2Cl)cc1. The molecule has 0 fully saturated rings. The molecule has 0 bridgehead atoms. The van der Waals surface area contributed by atoms with Gasteiger partial charge in [0.15, 0.2) is 10.2 Å². The third-order valence-corrected chi connectivity index (χ3v) is 4.16. The number of nitrogens with zero attached hydrogens (tertiary/aromatic N) is 2. The summed E-state index contributed by atoms with van der Waals surface area (Å²) in [5.41, 5.74) is 5.97. The van der Waals surface area contributed by atoms with Crippen molar-refractivity contribution < 1.29 is 8.42 Å². The molecule has 0 radical (unpaired) electrons. The van der Waals surface area contributed by atoms with Crippen molar-refractivity contribution in [3.05, 3.63) is 41.8 Å². The summed E-state index contributed by atoms with van der Waals surface area (Å²) in [6, 6.07) is 5.79. The van der Waals surface area contributed by atoms with Gasteiger partial charge in [-0.15, -0.1) is 0 Å². The highest BCUT2D eigenvalue weighted by Gasteiger charge is 2.22. The molecule has 88 valence electrons. The minimum Gasteiger partial charge on any atom is -0.399 e. The molecule has 0 saturated heterocycles. The summed E-state index contributed by atoms with van der Waals surface area (Å²) in [5.74, 6) is 0. The highest BCUT2D eigenvalue weighted by atomic mass is 35.5. The Morgan fingerprint density at radius 1 is 1.06 bits per heavy atom. The van der Waals surface area contributed by atoms with Crippen LogP contribution in [0.4, 0.5) is 5.69 Å². The fraction of sp³-hybridized carbons (Fsp3) is 0. The van der Waals surface area contributed by atoms with Crippen LogP contribution in [0.2, 0.25) is 5.15 Å². The molecule has 0 amide bonds. The Bertz CT molecular complexity index is 641. The van der Waals surface area contributed by atoms with Gasteiger partial charge in [-0.05, 0) is 24.3 Å². The fourth-order valence-electron chi connectivity index (χ4n) is 1.25. The molecule has 1 heterocycles. The Morgan fingerprint density at radius 3 is 2.24 bits per heavy atom. The lowest BCUT2D eigenvalue weighted by Gasteiger charge is -2.04. The second-order valence-corrected chi connectivity index (χ2v) is 5.45. The molecule has 7 heteroatoms. The van der Waals surface area contributed by atoms with Crippen molar-refractivity contribution in [2.24, 2.45) is 0 Å². The van der Waals surface area contributed by atoms with Crippen molar-refractivity contribution in [3.63, 3.8) is 0 Å². The van der Waals surface area contributed by atoms with E-state index in [2.05, 4.69) is 9.97 Å². The quantitative estimate of drug-likeness (QED) is 0.836. The molecule has 17 heavy (non-hydrogen) atoms. The van der Waals surface area contributed by atoms with E-state index in [1.54, 1.807) is 0 Å². The minimum atomic E-state index is -3.75. The molecule has 0 spiro atoms. The normalized spacial score (nSPS) is 11.4. The fourth-order valence-corrected chi connectivity index (χ4v) is 2.85. The van der Waals surface area contributed by atoms with Crippen molar-refractivity contribution in [2.45, 2.75) is 9.92 Å². The van der Waals surface area contributed by atoms with Gasteiger partial charge in [0.25, 0.3) is 0 Å². The topological polar surface area (TPSA) is 85.9 Å². The zero-order valence-electron chi connectivity index (χ0n) is 8.54. The van der Waals surface area contributed by atoms with Crippen LogP contribution >= 0.6 is 11.6 Å². The van der Waals surface area contributed by atoms with Crippen molar-refractivity contribution in [2.75, 3.05) is 5.73 Å². The Balaban J connectivity index is 2.58. The maximum Gasteiger partial charge on any atom is 0.226 e. The number of sulfone groups is 1. The molecule has 0 aliphatic heterocycles. The molecule has 0 unspecified atom stereocenters. The lowest BCUT2D eigenvalue weighted by molar-refractivity contribution is 0.592. The van der Waals surface area contributed by atoms with E-state index in [9.17, 15) is 8.42 Å². The van der Waals surface area contributed by atoms with Gasteiger partial charge in [-0.3, -0.25) is 0 Å². The standard InChI is InChI=1S/C10H8ClN3O2S/c11-9-10(14-6-5-13-9)17(15,16)8-3-1-7(12)2-4-8/h1-6H,12H2. The first kappa shape index (κ1) is 11.8. The second kappa shape index (κ2) is 4.31. The zero-order chi connectivity index (χ0) is 12.5. The van der Waals surface area contributed by atoms with E-state index >= 15 is 0 Å². The van der Waals surface area contributed by atoms with Crippen LogP contribution in [-0.2, 0) is 9.84 Å². The molecule has 0 aliphatic carbocycles. The third-order valence-electron chi connectivity index (χ3n) is 2.07. The molecule has 0 saturated carbocycles. The van der Waals surface area contributed by atoms with Gasteiger partial charge in [-0.2, -0.15) is 0 Å².